The lowest BCUT2D eigenvalue weighted by Gasteiger charge is -1.98. The van der Waals surface area contributed by atoms with Crippen molar-refractivity contribution >= 4 is 33.8 Å². The van der Waals surface area contributed by atoms with Crippen LogP contribution in [0.1, 0.15) is 0 Å². The van der Waals surface area contributed by atoms with Crippen molar-refractivity contribution in [1.29, 1.82) is 0 Å². The van der Waals surface area contributed by atoms with Crippen LogP contribution in [0.4, 0.5) is 4.79 Å². The van der Waals surface area contributed by atoms with E-state index in [-0.39, 0.29) is 5.24 Å². The van der Waals surface area contributed by atoms with E-state index in [1.54, 1.807) is 0 Å². The molecule has 50 valence electrons. The van der Waals surface area contributed by atoms with Crippen LogP contribution in [0, 0.1) is 0 Å². The SMILES string of the molecule is O=C1N[C@H](C(=O)Cl)CS1. The maximum absolute atomic E-state index is 10.4. The number of thioether (sulfide) groups is 1. The Morgan fingerprint density at radius 3 is 2.78 bits per heavy atom. The highest BCUT2D eigenvalue weighted by atomic mass is 35.5. The molecule has 9 heavy (non-hydrogen) atoms. The van der Waals surface area contributed by atoms with Crippen LogP contribution < -0.4 is 5.32 Å². The molecule has 1 aliphatic heterocycles. The quantitative estimate of drug-likeness (QED) is 0.578. The van der Waals surface area contributed by atoms with Crippen LogP contribution in [0.5, 0.6) is 0 Å². The molecule has 0 spiro atoms. The molecule has 0 aromatic heterocycles. The van der Waals surface area contributed by atoms with Crippen LogP contribution >= 0.6 is 23.4 Å². The molecule has 1 N–H and O–H groups in total. The fourth-order valence-corrected chi connectivity index (χ4v) is 1.51. The Hall–Kier alpha value is -0.220. The summed E-state index contributed by atoms with van der Waals surface area (Å²) in [4.78, 5) is 20.7. The second-order valence-electron chi connectivity index (χ2n) is 1.60. The van der Waals surface area contributed by atoms with E-state index in [1.165, 1.54) is 0 Å². The summed E-state index contributed by atoms with van der Waals surface area (Å²) in [5, 5.41) is 1.73. The molecule has 0 unspecified atom stereocenters. The van der Waals surface area contributed by atoms with Crippen molar-refractivity contribution in [3.63, 3.8) is 0 Å². The van der Waals surface area contributed by atoms with Gasteiger partial charge in [-0.2, -0.15) is 0 Å². The van der Waals surface area contributed by atoms with E-state index in [0.29, 0.717) is 5.75 Å². The van der Waals surface area contributed by atoms with Crippen molar-refractivity contribution in [3.05, 3.63) is 0 Å². The Kier molecular flexibility index (Phi) is 1.97. The Bertz CT molecular complexity index is 161. The van der Waals surface area contributed by atoms with Crippen molar-refractivity contribution in [2.45, 2.75) is 6.04 Å². The third-order valence-electron chi connectivity index (χ3n) is 0.947. The zero-order chi connectivity index (χ0) is 6.85. The number of halogens is 1. The molecule has 0 aliphatic carbocycles. The smallest absolute Gasteiger partial charge is 0.279 e. The largest absolute Gasteiger partial charge is 0.335 e. The summed E-state index contributed by atoms with van der Waals surface area (Å²) in [5.41, 5.74) is 0. The lowest BCUT2D eigenvalue weighted by molar-refractivity contribution is -0.112. The van der Waals surface area contributed by atoms with Crippen molar-refractivity contribution in [2.75, 3.05) is 5.75 Å². The van der Waals surface area contributed by atoms with E-state index < -0.39 is 11.3 Å². The molecule has 1 saturated heterocycles. The summed E-state index contributed by atoms with van der Waals surface area (Å²) in [6.07, 6.45) is 0. The van der Waals surface area contributed by atoms with Crippen LogP contribution in [0.3, 0.4) is 0 Å². The number of hydrogen-bond donors (Lipinski definition) is 1. The molecule has 0 saturated carbocycles. The third kappa shape index (κ3) is 1.59. The van der Waals surface area contributed by atoms with Gasteiger partial charge in [-0.3, -0.25) is 9.59 Å². The molecule has 0 radical (unpaired) electrons. The van der Waals surface area contributed by atoms with Gasteiger partial charge in [-0.25, -0.2) is 0 Å². The van der Waals surface area contributed by atoms with Crippen LogP contribution in [0.25, 0.3) is 0 Å². The summed E-state index contributed by atoms with van der Waals surface area (Å²) in [5.74, 6) is 0.459. The van der Waals surface area contributed by atoms with Crippen LogP contribution in [0.15, 0.2) is 0 Å². The number of carbonyl (C=O) groups excluding carboxylic acids is 2. The van der Waals surface area contributed by atoms with E-state index in [9.17, 15) is 9.59 Å². The first-order valence-corrected chi connectivity index (χ1v) is 3.69. The molecule has 5 heteroatoms. The zero-order valence-electron chi connectivity index (χ0n) is 4.39. The minimum absolute atomic E-state index is 0.172. The maximum atomic E-state index is 10.4. The molecular weight excluding hydrogens is 162 g/mol. The predicted octanol–water partition coefficient (Wildman–Crippen LogP) is 0.577. The van der Waals surface area contributed by atoms with Gasteiger partial charge in [0.05, 0.1) is 0 Å². The summed E-state index contributed by atoms with van der Waals surface area (Å²) in [6.45, 7) is 0. The summed E-state index contributed by atoms with van der Waals surface area (Å²) < 4.78 is 0. The first-order valence-electron chi connectivity index (χ1n) is 2.33. The fraction of sp³-hybridized carbons (Fsp3) is 0.500. The fourth-order valence-electron chi connectivity index (χ4n) is 0.507. The zero-order valence-corrected chi connectivity index (χ0v) is 5.96. The molecule has 1 rings (SSSR count). The lowest BCUT2D eigenvalue weighted by Crippen LogP contribution is -2.31. The highest BCUT2D eigenvalue weighted by Crippen LogP contribution is 2.14. The Morgan fingerprint density at radius 1 is 1.89 bits per heavy atom. The van der Waals surface area contributed by atoms with Gasteiger partial charge in [0.1, 0.15) is 6.04 Å². The van der Waals surface area contributed by atoms with Gasteiger partial charge < -0.3 is 5.32 Å². The molecule has 0 aromatic rings. The highest BCUT2D eigenvalue weighted by molar-refractivity contribution is 8.14. The molecule has 1 fully saturated rings. The highest BCUT2D eigenvalue weighted by Gasteiger charge is 2.26. The minimum Gasteiger partial charge on any atom is -0.335 e. The van der Waals surface area contributed by atoms with Gasteiger partial charge >= 0.3 is 0 Å². The van der Waals surface area contributed by atoms with Crippen LogP contribution in [-0.4, -0.2) is 22.3 Å². The topological polar surface area (TPSA) is 46.2 Å². The minimum atomic E-state index is -0.492. The van der Waals surface area contributed by atoms with Gasteiger partial charge in [0.15, 0.2) is 0 Å². The van der Waals surface area contributed by atoms with Crippen LogP contribution in [-0.2, 0) is 4.79 Å². The number of hydrogen-bond acceptors (Lipinski definition) is 3. The molecule has 0 bridgehead atoms. The third-order valence-corrected chi connectivity index (χ3v) is 2.09. The number of rotatable bonds is 1. The molecule has 0 aromatic carbocycles. The first-order chi connectivity index (χ1) is 4.20. The normalized spacial score (nSPS) is 25.9. The predicted molar refractivity (Wildman–Crippen MR) is 35.6 cm³/mol. The van der Waals surface area contributed by atoms with Gasteiger partial charge in [0, 0.05) is 5.75 Å². The summed E-state index contributed by atoms with van der Waals surface area (Å²) in [7, 11) is 0. The maximum Gasteiger partial charge on any atom is 0.279 e. The Morgan fingerprint density at radius 2 is 2.56 bits per heavy atom. The number of carbonyl (C=O) groups is 2. The van der Waals surface area contributed by atoms with Crippen molar-refractivity contribution in [2.24, 2.45) is 0 Å². The summed E-state index contributed by atoms with van der Waals surface area (Å²) >= 11 is 6.16. The van der Waals surface area contributed by atoms with E-state index in [0.717, 1.165) is 11.8 Å². The summed E-state index contributed by atoms with van der Waals surface area (Å²) in [6, 6.07) is -0.468. The number of nitrogens with one attached hydrogen (secondary N) is 1. The Balaban J connectivity index is 2.48. The Labute approximate surface area is 61.1 Å². The molecule has 1 amide bonds. The standard InChI is InChI=1S/C4H4ClNO2S/c5-3(7)2-1-9-4(8)6-2/h2H,1H2,(H,6,8)/t2-/m0/s1. The van der Waals surface area contributed by atoms with Crippen LogP contribution in [0.2, 0.25) is 0 Å². The van der Waals surface area contributed by atoms with E-state index in [1.807, 2.05) is 0 Å². The van der Waals surface area contributed by atoms with Gasteiger partial charge in [-0.05, 0) is 11.6 Å². The van der Waals surface area contributed by atoms with Crippen molar-refractivity contribution in [1.82, 2.24) is 5.32 Å². The monoisotopic (exact) mass is 165 g/mol. The molecule has 1 atom stereocenters. The molecule has 1 aliphatic rings. The average molecular weight is 166 g/mol. The van der Waals surface area contributed by atoms with Gasteiger partial charge in [-0.1, -0.05) is 11.8 Å². The number of amides is 1. The molecular formula is C4H4ClNO2S. The first kappa shape index (κ1) is 6.89. The van der Waals surface area contributed by atoms with E-state index in [2.05, 4.69) is 5.32 Å². The van der Waals surface area contributed by atoms with Gasteiger partial charge in [-0.15, -0.1) is 0 Å². The average Bonchev–Trinajstić information content (AvgIpc) is 2.14. The van der Waals surface area contributed by atoms with Gasteiger partial charge in [0.25, 0.3) is 5.24 Å². The second kappa shape index (κ2) is 2.58. The van der Waals surface area contributed by atoms with Crippen molar-refractivity contribution < 1.29 is 9.59 Å². The molecule has 1 heterocycles. The molecule has 3 nitrogen and oxygen atoms in total. The van der Waals surface area contributed by atoms with E-state index >= 15 is 0 Å². The van der Waals surface area contributed by atoms with Crippen molar-refractivity contribution in [3.8, 4) is 0 Å². The second-order valence-corrected chi connectivity index (χ2v) is 2.96. The lowest BCUT2D eigenvalue weighted by atomic mass is 10.4. The van der Waals surface area contributed by atoms with E-state index in [4.69, 9.17) is 11.6 Å². The van der Waals surface area contributed by atoms with Gasteiger partial charge in [0.2, 0.25) is 5.24 Å².